The number of rotatable bonds is 4. The van der Waals surface area contributed by atoms with Crippen LogP contribution in [0, 0.1) is 5.92 Å². The smallest absolute Gasteiger partial charge is 0.308 e. The summed E-state index contributed by atoms with van der Waals surface area (Å²) in [6, 6.07) is 3.54. The fourth-order valence-corrected chi connectivity index (χ4v) is 2.31. The molecule has 0 spiro atoms. The second-order valence-electron chi connectivity index (χ2n) is 4.77. The summed E-state index contributed by atoms with van der Waals surface area (Å²) in [4.78, 5) is 15.7. The van der Waals surface area contributed by atoms with Crippen LogP contribution in [0.15, 0.2) is 18.3 Å². The number of nitrogens with zero attached hydrogens (tertiary/aromatic N) is 1. The largest absolute Gasteiger partial charge is 0.474 e. The molecule has 1 heterocycles. The number of aromatic nitrogens is 1. The average molecular weight is 264 g/mol. The molecule has 1 aliphatic rings. The van der Waals surface area contributed by atoms with E-state index >= 15 is 0 Å². The van der Waals surface area contributed by atoms with Gasteiger partial charge in [0.05, 0.1) is 24.4 Å². The van der Waals surface area contributed by atoms with Gasteiger partial charge in [0.25, 0.3) is 0 Å². The number of nitrogens with two attached hydrogens (primary N) is 1. The van der Waals surface area contributed by atoms with Gasteiger partial charge in [-0.15, -0.1) is 0 Å². The zero-order valence-corrected chi connectivity index (χ0v) is 11.2. The maximum absolute atomic E-state index is 11.6. The molecule has 1 aromatic heterocycles. The summed E-state index contributed by atoms with van der Waals surface area (Å²) in [6.45, 7) is 2.28. The van der Waals surface area contributed by atoms with Gasteiger partial charge in [-0.05, 0) is 38.7 Å². The third-order valence-corrected chi connectivity index (χ3v) is 3.34. The second-order valence-corrected chi connectivity index (χ2v) is 4.77. The standard InChI is InChI=1S/C14H20N2O3/c1-2-18-14(17)10-3-6-12(7-4-10)19-13-8-5-11(15)9-16-13/h5,8-10,12H,2-4,6-7,15H2,1H3. The minimum Gasteiger partial charge on any atom is -0.474 e. The van der Waals surface area contributed by atoms with Crippen LogP contribution < -0.4 is 10.5 Å². The first-order valence-electron chi connectivity index (χ1n) is 6.74. The average Bonchev–Trinajstić information content (AvgIpc) is 2.42. The van der Waals surface area contributed by atoms with Crippen LogP contribution in [0.1, 0.15) is 32.6 Å². The topological polar surface area (TPSA) is 74.4 Å². The first-order valence-corrected chi connectivity index (χ1v) is 6.74. The Balaban J connectivity index is 1.80. The molecule has 0 aromatic carbocycles. The lowest BCUT2D eigenvalue weighted by molar-refractivity contribution is -0.149. The van der Waals surface area contributed by atoms with Gasteiger partial charge < -0.3 is 15.2 Å². The second kappa shape index (κ2) is 6.41. The van der Waals surface area contributed by atoms with Crippen molar-refractivity contribution in [2.75, 3.05) is 12.3 Å². The van der Waals surface area contributed by atoms with Crippen LogP contribution in [0.2, 0.25) is 0 Å². The highest BCUT2D eigenvalue weighted by molar-refractivity contribution is 5.72. The third-order valence-electron chi connectivity index (χ3n) is 3.34. The third kappa shape index (κ3) is 3.84. The fraction of sp³-hybridized carbons (Fsp3) is 0.571. The first-order chi connectivity index (χ1) is 9.19. The summed E-state index contributed by atoms with van der Waals surface area (Å²) in [5.41, 5.74) is 6.19. The molecule has 0 atom stereocenters. The zero-order chi connectivity index (χ0) is 13.7. The van der Waals surface area contributed by atoms with Crippen molar-refractivity contribution in [3.8, 4) is 5.88 Å². The molecule has 5 heteroatoms. The summed E-state index contributed by atoms with van der Waals surface area (Å²) in [7, 11) is 0. The zero-order valence-electron chi connectivity index (χ0n) is 11.2. The molecule has 0 aliphatic heterocycles. The van der Waals surface area contributed by atoms with Crippen LogP contribution in [0.3, 0.4) is 0 Å². The van der Waals surface area contributed by atoms with Crippen molar-refractivity contribution in [3.63, 3.8) is 0 Å². The van der Waals surface area contributed by atoms with E-state index in [1.165, 1.54) is 0 Å². The molecule has 0 unspecified atom stereocenters. The molecule has 1 aromatic rings. The molecule has 2 N–H and O–H groups in total. The van der Waals surface area contributed by atoms with Gasteiger partial charge in [0.15, 0.2) is 0 Å². The first kappa shape index (κ1) is 13.6. The number of hydrogen-bond donors (Lipinski definition) is 1. The van der Waals surface area contributed by atoms with Gasteiger partial charge in [-0.1, -0.05) is 0 Å². The van der Waals surface area contributed by atoms with E-state index in [0.29, 0.717) is 18.2 Å². The van der Waals surface area contributed by atoms with Crippen LogP contribution in [0.25, 0.3) is 0 Å². The van der Waals surface area contributed by atoms with Gasteiger partial charge in [0.2, 0.25) is 5.88 Å². The molecule has 1 aliphatic carbocycles. The highest BCUT2D eigenvalue weighted by atomic mass is 16.5. The van der Waals surface area contributed by atoms with Crippen LogP contribution in [-0.2, 0) is 9.53 Å². The van der Waals surface area contributed by atoms with E-state index in [-0.39, 0.29) is 18.0 Å². The summed E-state index contributed by atoms with van der Waals surface area (Å²) in [5, 5.41) is 0. The molecule has 0 amide bonds. The van der Waals surface area contributed by atoms with Gasteiger partial charge in [0.1, 0.15) is 6.10 Å². The van der Waals surface area contributed by atoms with Crippen molar-refractivity contribution >= 4 is 11.7 Å². The molecule has 5 nitrogen and oxygen atoms in total. The van der Waals surface area contributed by atoms with Gasteiger partial charge in [-0.25, -0.2) is 4.98 Å². The van der Waals surface area contributed by atoms with Crippen molar-refractivity contribution in [2.24, 2.45) is 5.92 Å². The minimum absolute atomic E-state index is 0.0270. The van der Waals surface area contributed by atoms with E-state index in [2.05, 4.69) is 4.98 Å². The Labute approximate surface area is 113 Å². The number of carbonyl (C=O) groups excluding carboxylic acids is 1. The molecular formula is C14H20N2O3. The molecule has 0 saturated heterocycles. The summed E-state index contributed by atoms with van der Waals surface area (Å²) in [5.74, 6) is 0.541. The lowest BCUT2D eigenvalue weighted by Crippen LogP contribution is -2.29. The minimum atomic E-state index is -0.0773. The highest BCUT2D eigenvalue weighted by Crippen LogP contribution is 2.28. The lowest BCUT2D eigenvalue weighted by Gasteiger charge is -2.27. The maximum atomic E-state index is 11.6. The number of pyridine rings is 1. The Kier molecular flexibility index (Phi) is 4.60. The SMILES string of the molecule is CCOC(=O)C1CCC(Oc2ccc(N)cn2)CC1. The lowest BCUT2D eigenvalue weighted by atomic mass is 9.87. The number of ether oxygens (including phenoxy) is 2. The van der Waals surface area contributed by atoms with Gasteiger partial charge >= 0.3 is 5.97 Å². The monoisotopic (exact) mass is 264 g/mol. The van der Waals surface area contributed by atoms with E-state index in [4.69, 9.17) is 15.2 Å². The normalized spacial score (nSPS) is 22.8. The number of hydrogen-bond acceptors (Lipinski definition) is 5. The number of esters is 1. The van der Waals surface area contributed by atoms with E-state index < -0.39 is 0 Å². The van der Waals surface area contributed by atoms with Crippen molar-refractivity contribution in [2.45, 2.75) is 38.7 Å². The predicted octanol–water partition coefficient (Wildman–Crippen LogP) is 2.16. The van der Waals surface area contributed by atoms with Gasteiger partial charge in [-0.3, -0.25) is 4.79 Å². The van der Waals surface area contributed by atoms with Crippen molar-refractivity contribution in [1.82, 2.24) is 4.98 Å². The molecule has 104 valence electrons. The Morgan fingerprint density at radius 3 is 2.68 bits per heavy atom. The van der Waals surface area contributed by atoms with Crippen LogP contribution in [0.5, 0.6) is 5.88 Å². The van der Waals surface area contributed by atoms with Crippen LogP contribution >= 0.6 is 0 Å². The molecular weight excluding hydrogens is 244 g/mol. The van der Waals surface area contributed by atoms with Crippen LogP contribution in [0.4, 0.5) is 5.69 Å². The van der Waals surface area contributed by atoms with E-state index in [0.717, 1.165) is 25.7 Å². The quantitative estimate of drug-likeness (QED) is 0.843. The predicted molar refractivity (Wildman–Crippen MR) is 71.7 cm³/mol. The summed E-state index contributed by atoms with van der Waals surface area (Å²) >= 11 is 0. The highest BCUT2D eigenvalue weighted by Gasteiger charge is 2.28. The Morgan fingerprint density at radius 1 is 1.37 bits per heavy atom. The van der Waals surface area contributed by atoms with Crippen LogP contribution in [-0.4, -0.2) is 23.7 Å². The fourth-order valence-electron chi connectivity index (χ4n) is 2.31. The molecule has 19 heavy (non-hydrogen) atoms. The summed E-state index contributed by atoms with van der Waals surface area (Å²) in [6.07, 6.45) is 5.06. The van der Waals surface area contributed by atoms with E-state index in [1.807, 2.05) is 6.92 Å². The maximum Gasteiger partial charge on any atom is 0.308 e. The van der Waals surface area contributed by atoms with Crippen molar-refractivity contribution in [3.05, 3.63) is 18.3 Å². The van der Waals surface area contributed by atoms with E-state index in [9.17, 15) is 4.79 Å². The Hall–Kier alpha value is -1.78. The molecule has 2 rings (SSSR count). The molecule has 1 saturated carbocycles. The molecule has 0 bridgehead atoms. The van der Waals surface area contributed by atoms with Gasteiger partial charge in [-0.2, -0.15) is 0 Å². The van der Waals surface area contributed by atoms with Gasteiger partial charge in [0, 0.05) is 6.07 Å². The Morgan fingerprint density at radius 2 is 2.11 bits per heavy atom. The number of carbonyl (C=O) groups is 1. The number of anilines is 1. The van der Waals surface area contributed by atoms with Crippen molar-refractivity contribution < 1.29 is 14.3 Å². The Bertz CT molecular complexity index is 411. The van der Waals surface area contributed by atoms with E-state index in [1.54, 1.807) is 18.3 Å². The number of nitrogen functional groups attached to an aromatic ring is 1. The van der Waals surface area contributed by atoms with Crippen molar-refractivity contribution in [1.29, 1.82) is 0 Å². The molecule has 0 radical (unpaired) electrons. The summed E-state index contributed by atoms with van der Waals surface area (Å²) < 4.78 is 10.8. The molecule has 1 fully saturated rings.